The number of fused-ring (bicyclic) bond motifs is 1. The van der Waals surface area contributed by atoms with Crippen molar-refractivity contribution in [2.24, 2.45) is 5.84 Å². The summed E-state index contributed by atoms with van der Waals surface area (Å²) in [5.41, 5.74) is 0.906. The van der Waals surface area contributed by atoms with Crippen LogP contribution in [-0.2, 0) is 6.18 Å². The molecule has 2 aromatic rings. The van der Waals surface area contributed by atoms with E-state index in [-0.39, 0.29) is 15.7 Å². The molecule has 0 aliphatic rings. The van der Waals surface area contributed by atoms with Crippen LogP contribution in [0.4, 0.5) is 23.2 Å². The molecule has 0 fully saturated rings. The molecule has 0 unspecified atom stereocenters. The van der Waals surface area contributed by atoms with Crippen molar-refractivity contribution in [2.75, 3.05) is 5.43 Å². The number of nitrogens with zero attached hydrogens (tertiary/aromatic N) is 1. The van der Waals surface area contributed by atoms with Crippen LogP contribution in [0.5, 0.6) is 0 Å². The molecule has 1 aromatic heterocycles. The number of nitrogens with two attached hydrogens (primary N) is 1. The summed E-state index contributed by atoms with van der Waals surface area (Å²) >= 11 is 2.94. The molecular weight excluding hydrogens is 318 g/mol. The third kappa shape index (κ3) is 2.25. The summed E-state index contributed by atoms with van der Waals surface area (Å²) in [6.45, 7) is 0. The number of anilines is 1. The maximum absolute atomic E-state index is 13.3. The van der Waals surface area contributed by atoms with Gasteiger partial charge in [0.05, 0.1) is 15.7 Å². The van der Waals surface area contributed by atoms with Gasteiger partial charge in [-0.1, -0.05) is 0 Å². The SMILES string of the molecule is NNc1cc(C(F)(F)F)nc2cc(F)c(Br)cc12. The molecule has 8 heteroatoms. The molecule has 0 bridgehead atoms. The maximum atomic E-state index is 13.3. The number of halogens is 5. The van der Waals surface area contributed by atoms with Gasteiger partial charge in [-0.3, -0.25) is 5.84 Å². The van der Waals surface area contributed by atoms with E-state index < -0.39 is 17.7 Å². The highest BCUT2D eigenvalue weighted by molar-refractivity contribution is 9.10. The van der Waals surface area contributed by atoms with Gasteiger partial charge in [0.15, 0.2) is 0 Å². The molecule has 0 radical (unpaired) electrons. The molecule has 0 atom stereocenters. The molecule has 3 nitrogen and oxygen atoms in total. The number of benzene rings is 1. The van der Waals surface area contributed by atoms with Gasteiger partial charge in [-0.2, -0.15) is 13.2 Å². The third-order valence-corrected chi connectivity index (χ3v) is 2.90. The van der Waals surface area contributed by atoms with Crippen LogP contribution >= 0.6 is 15.9 Å². The van der Waals surface area contributed by atoms with E-state index in [0.717, 1.165) is 12.1 Å². The molecule has 1 heterocycles. The molecule has 0 spiro atoms. The summed E-state index contributed by atoms with van der Waals surface area (Å²) in [6.07, 6.45) is -4.62. The van der Waals surface area contributed by atoms with E-state index in [1.807, 2.05) is 0 Å². The van der Waals surface area contributed by atoms with Crippen LogP contribution in [0.2, 0.25) is 0 Å². The topological polar surface area (TPSA) is 50.9 Å². The predicted molar refractivity (Wildman–Crippen MR) is 62.2 cm³/mol. The minimum atomic E-state index is -4.62. The van der Waals surface area contributed by atoms with Crippen molar-refractivity contribution in [3.05, 3.63) is 34.2 Å². The number of hydrazine groups is 1. The Morgan fingerprint density at radius 3 is 2.44 bits per heavy atom. The lowest BCUT2D eigenvalue weighted by Gasteiger charge is -2.11. The van der Waals surface area contributed by atoms with Gasteiger partial charge in [-0.25, -0.2) is 9.37 Å². The number of pyridine rings is 1. The molecule has 2 rings (SSSR count). The van der Waals surface area contributed by atoms with Gasteiger partial charge in [0.25, 0.3) is 0 Å². The van der Waals surface area contributed by atoms with Crippen molar-refractivity contribution in [2.45, 2.75) is 6.18 Å². The van der Waals surface area contributed by atoms with E-state index >= 15 is 0 Å². The minimum absolute atomic E-state index is 0.0213. The molecule has 3 N–H and O–H groups in total. The normalized spacial score (nSPS) is 11.9. The van der Waals surface area contributed by atoms with Crippen LogP contribution in [0.25, 0.3) is 10.9 Å². The molecule has 0 aliphatic heterocycles. The summed E-state index contributed by atoms with van der Waals surface area (Å²) in [4.78, 5) is 3.38. The zero-order chi connectivity index (χ0) is 13.5. The number of hydrogen-bond donors (Lipinski definition) is 2. The molecule has 18 heavy (non-hydrogen) atoms. The second kappa shape index (κ2) is 4.36. The van der Waals surface area contributed by atoms with Crippen molar-refractivity contribution in [3.8, 4) is 0 Å². The van der Waals surface area contributed by atoms with E-state index in [9.17, 15) is 17.6 Å². The molecular formula is C10H6BrF4N3. The molecule has 96 valence electrons. The number of nitrogen functional groups attached to an aromatic ring is 1. The van der Waals surface area contributed by atoms with E-state index in [4.69, 9.17) is 5.84 Å². The first-order chi connectivity index (χ1) is 8.32. The number of rotatable bonds is 1. The fourth-order valence-electron chi connectivity index (χ4n) is 1.49. The highest BCUT2D eigenvalue weighted by Crippen LogP contribution is 2.34. The summed E-state index contributed by atoms with van der Waals surface area (Å²) in [7, 11) is 0. The average Bonchev–Trinajstić information content (AvgIpc) is 2.28. The van der Waals surface area contributed by atoms with Crippen molar-refractivity contribution in [3.63, 3.8) is 0 Å². The first-order valence-electron chi connectivity index (χ1n) is 4.66. The van der Waals surface area contributed by atoms with Crippen molar-refractivity contribution in [1.29, 1.82) is 0 Å². The van der Waals surface area contributed by atoms with Crippen molar-refractivity contribution >= 4 is 32.5 Å². The van der Waals surface area contributed by atoms with Gasteiger partial charge in [0, 0.05) is 11.5 Å². The van der Waals surface area contributed by atoms with Crippen LogP contribution in [0.3, 0.4) is 0 Å². The first-order valence-corrected chi connectivity index (χ1v) is 5.46. The Labute approximate surface area is 107 Å². The van der Waals surface area contributed by atoms with E-state index in [0.29, 0.717) is 5.39 Å². The molecule has 1 aromatic carbocycles. The maximum Gasteiger partial charge on any atom is 0.433 e. The second-order valence-electron chi connectivity index (χ2n) is 3.48. The minimum Gasteiger partial charge on any atom is -0.323 e. The Morgan fingerprint density at radius 1 is 1.22 bits per heavy atom. The number of hydrogen-bond acceptors (Lipinski definition) is 3. The molecule has 0 aliphatic carbocycles. The average molecular weight is 324 g/mol. The lowest BCUT2D eigenvalue weighted by atomic mass is 10.1. The molecule has 0 saturated carbocycles. The Bertz CT molecular complexity index is 612. The van der Waals surface area contributed by atoms with Gasteiger partial charge < -0.3 is 5.43 Å². The van der Waals surface area contributed by atoms with Crippen LogP contribution in [0.15, 0.2) is 22.7 Å². The Balaban J connectivity index is 2.80. The third-order valence-electron chi connectivity index (χ3n) is 2.30. The zero-order valence-electron chi connectivity index (χ0n) is 8.65. The zero-order valence-corrected chi connectivity index (χ0v) is 10.2. The van der Waals surface area contributed by atoms with Crippen LogP contribution in [-0.4, -0.2) is 4.98 Å². The summed E-state index contributed by atoms with van der Waals surface area (Å²) in [5.74, 6) is 4.47. The van der Waals surface area contributed by atoms with Gasteiger partial charge >= 0.3 is 6.18 Å². The Hall–Kier alpha value is -1.41. The van der Waals surface area contributed by atoms with Crippen molar-refractivity contribution in [1.82, 2.24) is 4.98 Å². The highest BCUT2D eigenvalue weighted by Gasteiger charge is 2.33. The second-order valence-corrected chi connectivity index (χ2v) is 4.33. The fraction of sp³-hybridized carbons (Fsp3) is 0.100. The van der Waals surface area contributed by atoms with Crippen molar-refractivity contribution < 1.29 is 17.6 Å². The Kier molecular flexibility index (Phi) is 3.16. The lowest BCUT2D eigenvalue weighted by molar-refractivity contribution is -0.140. The van der Waals surface area contributed by atoms with Crippen LogP contribution < -0.4 is 11.3 Å². The summed E-state index contributed by atoms with van der Waals surface area (Å²) in [5, 5.41) is 0.291. The standard InChI is InChI=1S/C10H6BrF4N3/c11-5-1-4-7(2-6(5)12)17-9(10(13,14)15)3-8(4)18-16/h1-3H,16H2,(H,17,18). The van der Waals surface area contributed by atoms with Crippen LogP contribution in [0, 0.1) is 5.82 Å². The smallest absolute Gasteiger partial charge is 0.323 e. The van der Waals surface area contributed by atoms with Gasteiger partial charge in [-0.05, 0) is 28.1 Å². The Morgan fingerprint density at radius 2 is 1.89 bits per heavy atom. The summed E-state index contributed by atoms with van der Waals surface area (Å²) in [6, 6.07) is 3.00. The van der Waals surface area contributed by atoms with E-state index in [1.165, 1.54) is 6.07 Å². The van der Waals surface area contributed by atoms with Gasteiger partial charge in [0.2, 0.25) is 0 Å². The van der Waals surface area contributed by atoms with Gasteiger partial charge in [-0.15, -0.1) is 0 Å². The van der Waals surface area contributed by atoms with Crippen LogP contribution in [0.1, 0.15) is 5.69 Å². The lowest BCUT2D eigenvalue weighted by Crippen LogP contribution is -2.12. The number of nitrogens with one attached hydrogen (secondary N) is 1. The monoisotopic (exact) mass is 323 g/mol. The number of aromatic nitrogens is 1. The molecule has 0 saturated heterocycles. The number of alkyl halides is 3. The first kappa shape index (κ1) is 13.0. The highest BCUT2D eigenvalue weighted by atomic mass is 79.9. The predicted octanol–water partition coefficient (Wildman–Crippen LogP) is 3.44. The fourth-order valence-corrected chi connectivity index (χ4v) is 1.83. The quantitative estimate of drug-likeness (QED) is 0.480. The summed E-state index contributed by atoms with van der Waals surface area (Å²) < 4.78 is 51.1. The van der Waals surface area contributed by atoms with E-state index in [2.05, 4.69) is 26.3 Å². The van der Waals surface area contributed by atoms with E-state index in [1.54, 1.807) is 0 Å². The largest absolute Gasteiger partial charge is 0.433 e. The van der Waals surface area contributed by atoms with Gasteiger partial charge in [0.1, 0.15) is 11.5 Å². The molecule has 0 amide bonds.